The number of piperazine rings is 1. The van der Waals surface area contributed by atoms with Gasteiger partial charge in [0.25, 0.3) is 0 Å². The Morgan fingerprint density at radius 1 is 0.905 bits per heavy atom. The van der Waals surface area contributed by atoms with E-state index in [9.17, 15) is 9.59 Å². The molecule has 2 aliphatic heterocycles. The topological polar surface area (TPSA) is 55.9 Å². The third kappa shape index (κ3) is 4.97. The second-order valence-corrected chi connectivity index (χ2v) is 5.95. The average molecular weight is 296 g/mol. The van der Waals surface area contributed by atoms with Crippen LogP contribution in [0.4, 0.5) is 0 Å². The molecule has 0 saturated carbocycles. The number of hydrogen-bond acceptors (Lipinski definition) is 4. The highest BCUT2D eigenvalue weighted by atomic mass is 16.2. The standard InChI is InChI=1S/C15H28N4O2/c1-16-6-4-5-14(20)19-11-9-17(10-12-19)13-15(21)18-7-2-3-8-18/h16H,2-13H2,1H3. The number of hydrogen-bond donors (Lipinski definition) is 1. The molecule has 0 radical (unpaired) electrons. The lowest BCUT2D eigenvalue weighted by Gasteiger charge is -2.35. The molecular weight excluding hydrogens is 268 g/mol. The van der Waals surface area contributed by atoms with Crippen molar-refractivity contribution in [2.45, 2.75) is 25.7 Å². The molecule has 2 fully saturated rings. The number of nitrogens with one attached hydrogen (secondary N) is 1. The molecule has 0 unspecified atom stereocenters. The van der Waals surface area contributed by atoms with Crippen LogP contribution in [0.25, 0.3) is 0 Å². The fourth-order valence-corrected chi connectivity index (χ4v) is 2.99. The van der Waals surface area contributed by atoms with E-state index in [1.165, 1.54) is 0 Å². The van der Waals surface area contributed by atoms with Gasteiger partial charge in [-0.1, -0.05) is 0 Å². The van der Waals surface area contributed by atoms with E-state index in [1.807, 2.05) is 16.8 Å². The molecule has 2 aliphatic rings. The lowest BCUT2D eigenvalue weighted by molar-refractivity contribution is -0.134. The van der Waals surface area contributed by atoms with Gasteiger partial charge in [-0.2, -0.15) is 0 Å². The van der Waals surface area contributed by atoms with Crippen LogP contribution in [-0.2, 0) is 9.59 Å². The van der Waals surface area contributed by atoms with E-state index in [2.05, 4.69) is 10.2 Å². The summed E-state index contributed by atoms with van der Waals surface area (Å²) in [4.78, 5) is 30.2. The van der Waals surface area contributed by atoms with Gasteiger partial charge in [0.15, 0.2) is 0 Å². The van der Waals surface area contributed by atoms with Gasteiger partial charge in [-0.25, -0.2) is 0 Å². The number of carbonyl (C=O) groups is 2. The summed E-state index contributed by atoms with van der Waals surface area (Å²) in [5, 5.41) is 3.06. The van der Waals surface area contributed by atoms with Crippen LogP contribution in [0.5, 0.6) is 0 Å². The van der Waals surface area contributed by atoms with Crippen LogP contribution in [-0.4, -0.2) is 85.9 Å². The zero-order valence-electron chi connectivity index (χ0n) is 13.1. The van der Waals surface area contributed by atoms with Crippen molar-refractivity contribution in [2.24, 2.45) is 0 Å². The molecule has 2 rings (SSSR count). The summed E-state index contributed by atoms with van der Waals surface area (Å²) in [5.41, 5.74) is 0. The molecule has 0 spiro atoms. The maximum Gasteiger partial charge on any atom is 0.236 e. The van der Waals surface area contributed by atoms with Crippen LogP contribution in [0.15, 0.2) is 0 Å². The predicted octanol–water partition coefficient (Wildman–Crippen LogP) is -0.247. The average Bonchev–Trinajstić information content (AvgIpc) is 3.02. The largest absolute Gasteiger partial charge is 0.342 e. The first kappa shape index (κ1) is 16.2. The lowest BCUT2D eigenvalue weighted by atomic mass is 10.2. The molecular formula is C15H28N4O2. The summed E-state index contributed by atoms with van der Waals surface area (Å²) in [5.74, 6) is 0.497. The maximum absolute atomic E-state index is 12.1. The van der Waals surface area contributed by atoms with E-state index in [4.69, 9.17) is 0 Å². The number of carbonyl (C=O) groups excluding carboxylic acids is 2. The first-order valence-corrected chi connectivity index (χ1v) is 8.13. The molecule has 2 saturated heterocycles. The third-order valence-corrected chi connectivity index (χ3v) is 4.36. The Morgan fingerprint density at radius 3 is 2.14 bits per heavy atom. The van der Waals surface area contributed by atoms with Crippen LogP contribution in [0.2, 0.25) is 0 Å². The molecule has 120 valence electrons. The molecule has 0 aliphatic carbocycles. The fraction of sp³-hybridized carbons (Fsp3) is 0.867. The van der Waals surface area contributed by atoms with Crippen molar-refractivity contribution in [3.05, 3.63) is 0 Å². The summed E-state index contributed by atoms with van der Waals surface area (Å²) in [6.07, 6.45) is 3.79. The first-order chi connectivity index (χ1) is 10.2. The number of rotatable bonds is 6. The molecule has 0 bridgehead atoms. The zero-order chi connectivity index (χ0) is 15.1. The number of amides is 2. The highest BCUT2D eigenvalue weighted by Crippen LogP contribution is 2.10. The Labute approximate surface area is 127 Å². The molecule has 6 heteroatoms. The highest BCUT2D eigenvalue weighted by Gasteiger charge is 2.24. The normalized spacial score (nSPS) is 20.0. The van der Waals surface area contributed by atoms with Crippen molar-refractivity contribution >= 4 is 11.8 Å². The van der Waals surface area contributed by atoms with E-state index in [-0.39, 0.29) is 11.8 Å². The van der Waals surface area contributed by atoms with Crippen molar-refractivity contribution in [3.63, 3.8) is 0 Å². The van der Waals surface area contributed by atoms with Crippen LogP contribution in [0.1, 0.15) is 25.7 Å². The fourth-order valence-electron chi connectivity index (χ4n) is 2.99. The van der Waals surface area contributed by atoms with Crippen molar-refractivity contribution < 1.29 is 9.59 Å². The minimum atomic E-state index is 0.246. The second-order valence-electron chi connectivity index (χ2n) is 5.95. The predicted molar refractivity (Wildman–Crippen MR) is 82.0 cm³/mol. The molecule has 0 atom stereocenters. The molecule has 2 amide bonds. The van der Waals surface area contributed by atoms with E-state index in [0.29, 0.717) is 13.0 Å². The Kier molecular flexibility index (Phi) is 6.45. The molecule has 2 heterocycles. The Hall–Kier alpha value is -1.14. The zero-order valence-corrected chi connectivity index (χ0v) is 13.1. The first-order valence-electron chi connectivity index (χ1n) is 8.13. The summed E-state index contributed by atoms with van der Waals surface area (Å²) in [6, 6.07) is 0. The van der Waals surface area contributed by atoms with Crippen molar-refractivity contribution in [1.29, 1.82) is 0 Å². The van der Waals surface area contributed by atoms with E-state index in [0.717, 1.165) is 65.1 Å². The van der Waals surface area contributed by atoms with Crippen molar-refractivity contribution in [2.75, 3.05) is 59.4 Å². The van der Waals surface area contributed by atoms with Crippen LogP contribution >= 0.6 is 0 Å². The smallest absolute Gasteiger partial charge is 0.236 e. The summed E-state index contributed by atoms with van der Waals surface area (Å²) < 4.78 is 0. The van der Waals surface area contributed by atoms with Gasteiger partial charge in [-0.15, -0.1) is 0 Å². The van der Waals surface area contributed by atoms with Gasteiger partial charge in [-0.3, -0.25) is 14.5 Å². The molecule has 0 aromatic carbocycles. The lowest BCUT2D eigenvalue weighted by Crippen LogP contribution is -2.51. The van der Waals surface area contributed by atoms with Gasteiger partial charge in [-0.05, 0) is 32.9 Å². The van der Waals surface area contributed by atoms with Gasteiger partial charge in [0, 0.05) is 45.7 Å². The van der Waals surface area contributed by atoms with Gasteiger partial charge in [0.05, 0.1) is 6.54 Å². The quantitative estimate of drug-likeness (QED) is 0.687. The molecule has 21 heavy (non-hydrogen) atoms. The summed E-state index contributed by atoms with van der Waals surface area (Å²) in [7, 11) is 1.90. The minimum absolute atomic E-state index is 0.246. The van der Waals surface area contributed by atoms with E-state index < -0.39 is 0 Å². The van der Waals surface area contributed by atoms with Gasteiger partial charge >= 0.3 is 0 Å². The van der Waals surface area contributed by atoms with Gasteiger partial charge in [0.1, 0.15) is 0 Å². The van der Waals surface area contributed by atoms with E-state index in [1.54, 1.807) is 0 Å². The second kappa shape index (κ2) is 8.34. The van der Waals surface area contributed by atoms with E-state index >= 15 is 0 Å². The third-order valence-electron chi connectivity index (χ3n) is 4.36. The Morgan fingerprint density at radius 2 is 1.52 bits per heavy atom. The summed E-state index contributed by atoms with van der Waals surface area (Å²) in [6.45, 7) is 6.38. The van der Waals surface area contributed by atoms with Crippen molar-refractivity contribution in [3.8, 4) is 0 Å². The monoisotopic (exact) mass is 296 g/mol. The highest BCUT2D eigenvalue weighted by molar-refractivity contribution is 5.78. The Balaban J connectivity index is 1.65. The van der Waals surface area contributed by atoms with Crippen LogP contribution < -0.4 is 5.32 Å². The Bertz CT molecular complexity index is 348. The molecule has 1 N–H and O–H groups in total. The summed E-state index contributed by atoms with van der Waals surface area (Å²) >= 11 is 0. The van der Waals surface area contributed by atoms with Gasteiger partial charge in [0.2, 0.25) is 11.8 Å². The van der Waals surface area contributed by atoms with Crippen molar-refractivity contribution in [1.82, 2.24) is 20.0 Å². The number of nitrogens with zero attached hydrogens (tertiary/aromatic N) is 3. The number of likely N-dealkylation sites (tertiary alicyclic amines) is 1. The van der Waals surface area contributed by atoms with Gasteiger partial charge < -0.3 is 15.1 Å². The van der Waals surface area contributed by atoms with Crippen LogP contribution in [0, 0.1) is 0 Å². The molecule has 0 aromatic heterocycles. The molecule has 6 nitrogen and oxygen atoms in total. The minimum Gasteiger partial charge on any atom is -0.342 e. The SMILES string of the molecule is CNCCCC(=O)N1CCN(CC(=O)N2CCCC2)CC1. The van der Waals surface area contributed by atoms with Crippen LogP contribution in [0.3, 0.4) is 0 Å². The maximum atomic E-state index is 12.1. The molecule has 0 aromatic rings.